The minimum absolute atomic E-state index is 0.0211. The Hall–Kier alpha value is -2.23. The van der Waals surface area contributed by atoms with Gasteiger partial charge in [-0.3, -0.25) is 10.1 Å². The fourth-order valence-corrected chi connectivity index (χ4v) is 4.56. The highest BCUT2D eigenvalue weighted by Crippen LogP contribution is 2.37. The van der Waals surface area contributed by atoms with Crippen LogP contribution in [0.2, 0.25) is 5.02 Å². The van der Waals surface area contributed by atoms with Crippen LogP contribution in [0.15, 0.2) is 41.3 Å². The van der Waals surface area contributed by atoms with Crippen LogP contribution in [0.25, 0.3) is 0 Å². The van der Waals surface area contributed by atoms with Crippen LogP contribution in [0, 0.1) is 15.9 Å². The van der Waals surface area contributed by atoms with Crippen molar-refractivity contribution in [1.29, 1.82) is 0 Å². The quantitative estimate of drug-likeness (QED) is 0.535. The lowest BCUT2D eigenvalue weighted by Gasteiger charge is -2.25. The van der Waals surface area contributed by atoms with Crippen molar-refractivity contribution in [2.75, 3.05) is 13.1 Å². The SMILES string of the molecule is O=[N+]([O-])c1cc(S(=O)(=O)N2CCCCC2)ccc1Oc1ccc(F)cc1Cl. The Balaban J connectivity index is 1.96. The van der Waals surface area contributed by atoms with Crippen LogP contribution >= 0.6 is 11.6 Å². The number of hydrogen-bond acceptors (Lipinski definition) is 5. The second-order valence-electron chi connectivity index (χ2n) is 6.03. The number of sulfonamides is 1. The molecular formula is C17H16ClFN2O5S. The molecule has 1 heterocycles. The van der Waals surface area contributed by atoms with Gasteiger partial charge in [-0.25, -0.2) is 12.8 Å². The fourth-order valence-electron chi connectivity index (χ4n) is 2.82. The maximum absolute atomic E-state index is 13.1. The van der Waals surface area contributed by atoms with Gasteiger partial charge in [0.15, 0.2) is 0 Å². The van der Waals surface area contributed by atoms with Crippen molar-refractivity contribution in [2.24, 2.45) is 0 Å². The summed E-state index contributed by atoms with van der Waals surface area (Å²) in [7, 11) is -3.82. The van der Waals surface area contributed by atoms with Crippen molar-refractivity contribution in [3.05, 3.63) is 57.4 Å². The summed E-state index contributed by atoms with van der Waals surface area (Å²) in [4.78, 5) is 10.5. The van der Waals surface area contributed by atoms with E-state index in [1.54, 1.807) is 0 Å². The van der Waals surface area contributed by atoms with E-state index in [0.717, 1.165) is 37.5 Å². The zero-order valence-corrected chi connectivity index (χ0v) is 15.7. The second kappa shape index (κ2) is 7.79. The number of piperidine rings is 1. The van der Waals surface area contributed by atoms with E-state index in [2.05, 4.69) is 0 Å². The molecule has 1 aliphatic heterocycles. The van der Waals surface area contributed by atoms with E-state index in [1.165, 1.54) is 22.5 Å². The van der Waals surface area contributed by atoms with E-state index in [-0.39, 0.29) is 21.4 Å². The molecule has 0 bridgehead atoms. The summed E-state index contributed by atoms with van der Waals surface area (Å²) in [5, 5.41) is 11.4. The van der Waals surface area contributed by atoms with Gasteiger partial charge < -0.3 is 4.74 Å². The lowest BCUT2D eigenvalue weighted by Crippen LogP contribution is -2.35. The molecule has 144 valence electrons. The molecule has 0 amide bonds. The number of rotatable bonds is 5. The Bertz CT molecular complexity index is 977. The lowest BCUT2D eigenvalue weighted by molar-refractivity contribution is -0.385. The summed E-state index contributed by atoms with van der Waals surface area (Å²) in [6.07, 6.45) is 2.47. The molecule has 7 nitrogen and oxygen atoms in total. The van der Waals surface area contributed by atoms with Crippen molar-refractivity contribution in [1.82, 2.24) is 4.31 Å². The molecule has 0 spiro atoms. The molecule has 0 N–H and O–H groups in total. The Kier molecular flexibility index (Phi) is 5.64. The average molecular weight is 415 g/mol. The summed E-state index contributed by atoms with van der Waals surface area (Å²) in [6, 6.07) is 6.77. The first kappa shape index (κ1) is 19.5. The summed E-state index contributed by atoms with van der Waals surface area (Å²) in [5.74, 6) is -0.747. The summed E-state index contributed by atoms with van der Waals surface area (Å²) < 4.78 is 45.3. The highest BCUT2D eigenvalue weighted by Gasteiger charge is 2.29. The van der Waals surface area contributed by atoms with Gasteiger partial charge in [0.1, 0.15) is 11.6 Å². The molecule has 0 atom stereocenters. The van der Waals surface area contributed by atoms with Gasteiger partial charge in [0.2, 0.25) is 15.8 Å². The van der Waals surface area contributed by atoms with E-state index < -0.39 is 26.5 Å². The smallest absolute Gasteiger partial charge is 0.312 e. The number of nitro groups is 1. The van der Waals surface area contributed by atoms with Crippen LogP contribution in [0.3, 0.4) is 0 Å². The monoisotopic (exact) mass is 414 g/mol. The van der Waals surface area contributed by atoms with Crippen molar-refractivity contribution in [3.63, 3.8) is 0 Å². The Morgan fingerprint density at radius 3 is 2.37 bits per heavy atom. The lowest BCUT2D eigenvalue weighted by atomic mass is 10.2. The summed E-state index contributed by atoms with van der Waals surface area (Å²) >= 11 is 5.88. The molecule has 0 saturated carbocycles. The number of nitrogens with zero attached hydrogens (tertiary/aromatic N) is 2. The van der Waals surface area contributed by atoms with Gasteiger partial charge in [-0.15, -0.1) is 0 Å². The molecule has 0 radical (unpaired) electrons. The maximum atomic E-state index is 13.1. The standard InChI is InChI=1S/C17H16ClFN2O5S/c18-14-10-12(19)4-6-16(14)26-17-7-5-13(11-15(17)21(22)23)27(24,25)20-8-2-1-3-9-20/h4-7,10-11H,1-3,8-9H2. The second-order valence-corrected chi connectivity index (χ2v) is 8.37. The first-order valence-corrected chi connectivity index (χ1v) is 10.0. The molecule has 0 unspecified atom stereocenters. The van der Waals surface area contributed by atoms with Crippen molar-refractivity contribution in [3.8, 4) is 11.5 Å². The van der Waals surface area contributed by atoms with Crippen LogP contribution in [-0.2, 0) is 10.0 Å². The molecular weight excluding hydrogens is 399 g/mol. The minimum atomic E-state index is -3.82. The van der Waals surface area contributed by atoms with Crippen molar-refractivity contribution in [2.45, 2.75) is 24.2 Å². The first-order valence-electron chi connectivity index (χ1n) is 8.20. The summed E-state index contributed by atoms with van der Waals surface area (Å²) in [5.41, 5.74) is -0.520. The third kappa shape index (κ3) is 4.20. The molecule has 1 aliphatic rings. The van der Waals surface area contributed by atoms with Gasteiger partial charge in [-0.2, -0.15) is 4.31 Å². The molecule has 3 rings (SSSR count). The summed E-state index contributed by atoms with van der Waals surface area (Å²) in [6.45, 7) is 0.777. The van der Waals surface area contributed by atoms with E-state index in [1.807, 2.05) is 0 Å². The Morgan fingerprint density at radius 1 is 1.07 bits per heavy atom. The molecule has 2 aromatic carbocycles. The van der Waals surface area contributed by atoms with E-state index in [4.69, 9.17) is 16.3 Å². The zero-order chi connectivity index (χ0) is 19.6. The maximum Gasteiger partial charge on any atom is 0.312 e. The largest absolute Gasteiger partial charge is 0.449 e. The molecule has 0 aromatic heterocycles. The highest BCUT2D eigenvalue weighted by atomic mass is 35.5. The number of nitro benzene ring substituents is 1. The topological polar surface area (TPSA) is 89.8 Å². The predicted molar refractivity (Wildman–Crippen MR) is 97.2 cm³/mol. The molecule has 27 heavy (non-hydrogen) atoms. The first-order chi connectivity index (χ1) is 12.8. The van der Waals surface area contributed by atoms with Gasteiger partial charge in [0.05, 0.1) is 14.8 Å². The van der Waals surface area contributed by atoms with Gasteiger partial charge in [-0.1, -0.05) is 18.0 Å². The van der Waals surface area contributed by atoms with Gasteiger partial charge in [-0.05, 0) is 43.2 Å². The minimum Gasteiger partial charge on any atom is -0.449 e. The molecule has 0 aliphatic carbocycles. The molecule has 2 aromatic rings. The van der Waals surface area contributed by atoms with E-state index in [0.29, 0.717) is 13.1 Å². The third-order valence-corrected chi connectivity index (χ3v) is 6.38. The highest BCUT2D eigenvalue weighted by molar-refractivity contribution is 7.89. The number of ether oxygens (including phenoxy) is 1. The molecule has 1 fully saturated rings. The van der Waals surface area contributed by atoms with Crippen LogP contribution < -0.4 is 4.74 Å². The van der Waals surface area contributed by atoms with Gasteiger partial charge >= 0.3 is 5.69 Å². The average Bonchev–Trinajstić information content (AvgIpc) is 2.64. The Morgan fingerprint density at radius 2 is 1.74 bits per heavy atom. The van der Waals surface area contributed by atoms with Crippen LogP contribution in [0.5, 0.6) is 11.5 Å². The van der Waals surface area contributed by atoms with Crippen LogP contribution in [-0.4, -0.2) is 30.7 Å². The van der Waals surface area contributed by atoms with Gasteiger partial charge in [0, 0.05) is 19.2 Å². The van der Waals surface area contributed by atoms with Gasteiger partial charge in [0.25, 0.3) is 0 Å². The Labute approximate surface area is 160 Å². The number of halogens is 2. The number of hydrogen-bond donors (Lipinski definition) is 0. The van der Waals surface area contributed by atoms with E-state index in [9.17, 15) is 22.9 Å². The predicted octanol–water partition coefficient (Wildman–Crippen LogP) is 4.35. The van der Waals surface area contributed by atoms with E-state index >= 15 is 0 Å². The van der Waals surface area contributed by atoms with Crippen molar-refractivity contribution < 1.29 is 22.5 Å². The van der Waals surface area contributed by atoms with Crippen LogP contribution in [0.1, 0.15) is 19.3 Å². The van der Waals surface area contributed by atoms with Crippen LogP contribution in [0.4, 0.5) is 10.1 Å². The fraction of sp³-hybridized carbons (Fsp3) is 0.294. The number of benzene rings is 2. The normalized spacial score (nSPS) is 15.5. The molecule has 10 heteroatoms. The molecule has 1 saturated heterocycles. The third-order valence-electron chi connectivity index (χ3n) is 4.19. The zero-order valence-electron chi connectivity index (χ0n) is 14.1. The van der Waals surface area contributed by atoms with Crippen molar-refractivity contribution >= 4 is 27.3 Å².